The van der Waals surface area contributed by atoms with Gasteiger partial charge in [0.05, 0.1) is 10.3 Å². The maximum absolute atomic E-state index is 11.7. The lowest BCUT2D eigenvalue weighted by Gasteiger charge is -2.23. The SMILES string of the molecule is Cc1cc2ccccc2nc1NCC(C)(C)S(C)(=O)=O. The molecule has 0 aliphatic heterocycles. The van der Waals surface area contributed by atoms with Crippen LogP contribution < -0.4 is 5.32 Å². The van der Waals surface area contributed by atoms with Crippen LogP contribution >= 0.6 is 0 Å². The fraction of sp³-hybridized carbons (Fsp3) is 0.400. The van der Waals surface area contributed by atoms with E-state index in [2.05, 4.69) is 16.4 Å². The van der Waals surface area contributed by atoms with Crippen LogP contribution in [0.25, 0.3) is 10.9 Å². The lowest BCUT2D eigenvalue weighted by molar-refractivity contribution is 0.559. The Morgan fingerprint density at radius 3 is 2.55 bits per heavy atom. The summed E-state index contributed by atoms with van der Waals surface area (Å²) in [5, 5.41) is 4.24. The molecule has 0 radical (unpaired) electrons. The highest BCUT2D eigenvalue weighted by Gasteiger charge is 2.30. The molecule has 1 aromatic heterocycles. The summed E-state index contributed by atoms with van der Waals surface area (Å²) in [6, 6.07) is 9.93. The van der Waals surface area contributed by atoms with Crippen molar-refractivity contribution in [3.63, 3.8) is 0 Å². The molecular weight excluding hydrogens is 272 g/mol. The van der Waals surface area contributed by atoms with Gasteiger partial charge in [-0.1, -0.05) is 18.2 Å². The van der Waals surface area contributed by atoms with Crippen molar-refractivity contribution >= 4 is 26.6 Å². The lowest BCUT2D eigenvalue weighted by atomic mass is 10.1. The molecule has 1 N–H and O–H groups in total. The van der Waals surface area contributed by atoms with E-state index < -0.39 is 14.6 Å². The van der Waals surface area contributed by atoms with Gasteiger partial charge in [-0.05, 0) is 38.5 Å². The minimum absolute atomic E-state index is 0.331. The van der Waals surface area contributed by atoms with Gasteiger partial charge in [-0.15, -0.1) is 0 Å². The minimum atomic E-state index is -3.12. The molecule has 4 nitrogen and oxygen atoms in total. The van der Waals surface area contributed by atoms with E-state index in [1.165, 1.54) is 6.26 Å². The largest absolute Gasteiger partial charge is 0.368 e. The number of hydrogen-bond acceptors (Lipinski definition) is 4. The number of aryl methyl sites for hydroxylation is 1. The monoisotopic (exact) mass is 292 g/mol. The zero-order valence-corrected chi connectivity index (χ0v) is 13.1. The molecule has 0 aliphatic carbocycles. The number of nitrogens with one attached hydrogen (secondary N) is 1. The minimum Gasteiger partial charge on any atom is -0.368 e. The highest BCUT2D eigenvalue weighted by atomic mass is 32.2. The lowest BCUT2D eigenvalue weighted by Crippen LogP contribution is -2.38. The molecule has 0 saturated carbocycles. The average molecular weight is 292 g/mol. The van der Waals surface area contributed by atoms with Gasteiger partial charge in [-0.2, -0.15) is 0 Å². The van der Waals surface area contributed by atoms with Gasteiger partial charge in [0.2, 0.25) is 0 Å². The van der Waals surface area contributed by atoms with Crippen molar-refractivity contribution in [1.82, 2.24) is 4.98 Å². The predicted octanol–water partition coefficient (Wildman–Crippen LogP) is 2.78. The third-order valence-corrected chi connectivity index (χ3v) is 5.75. The van der Waals surface area contributed by atoms with Gasteiger partial charge in [0.15, 0.2) is 9.84 Å². The molecule has 1 heterocycles. The van der Waals surface area contributed by atoms with Crippen LogP contribution in [-0.4, -0.2) is 30.9 Å². The van der Waals surface area contributed by atoms with Crippen molar-refractivity contribution in [3.05, 3.63) is 35.9 Å². The fourth-order valence-corrected chi connectivity index (χ4v) is 2.16. The summed E-state index contributed by atoms with van der Waals surface area (Å²) >= 11 is 0. The quantitative estimate of drug-likeness (QED) is 0.941. The Labute approximate surface area is 120 Å². The van der Waals surface area contributed by atoms with E-state index in [0.29, 0.717) is 6.54 Å². The number of aromatic nitrogens is 1. The molecular formula is C15H20N2O2S. The molecule has 0 bridgehead atoms. The molecule has 0 aliphatic rings. The molecule has 2 aromatic rings. The van der Waals surface area contributed by atoms with E-state index in [0.717, 1.165) is 22.3 Å². The summed E-state index contributed by atoms with van der Waals surface area (Å²) in [7, 11) is -3.12. The molecule has 0 fully saturated rings. The summed E-state index contributed by atoms with van der Waals surface area (Å²) < 4.78 is 22.6. The Morgan fingerprint density at radius 2 is 1.90 bits per heavy atom. The molecule has 0 spiro atoms. The zero-order valence-electron chi connectivity index (χ0n) is 12.3. The van der Waals surface area contributed by atoms with Gasteiger partial charge >= 0.3 is 0 Å². The summed E-state index contributed by atoms with van der Waals surface area (Å²) in [5.41, 5.74) is 1.91. The third-order valence-electron chi connectivity index (χ3n) is 3.60. The van der Waals surface area contributed by atoms with Gasteiger partial charge in [-0.25, -0.2) is 13.4 Å². The van der Waals surface area contributed by atoms with E-state index in [1.807, 2.05) is 31.2 Å². The first-order chi connectivity index (χ1) is 9.21. The van der Waals surface area contributed by atoms with Crippen molar-refractivity contribution < 1.29 is 8.42 Å². The zero-order chi connectivity index (χ0) is 15.0. The Hall–Kier alpha value is -1.62. The van der Waals surface area contributed by atoms with Crippen LogP contribution in [0, 0.1) is 6.92 Å². The normalized spacial score (nSPS) is 12.6. The molecule has 20 heavy (non-hydrogen) atoms. The number of rotatable bonds is 4. The molecule has 0 unspecified atom stereocenters. The van der Waals surface area contributed by atoms with E-state index in [-0.39, 0.29) is 0 Å². The second kappa shape index (κ2) is 5.05. The summed E-state index contributed by atoms with van der Waals surface area (Å²) in [5.74, 6) is 0.737. The van der Waals surface area contributed by atoms with Crippen LogP contribution in [0.4, 0.5) is 5.82 Å². The maximum atomic E-state index is 11.7. The van der Waals surface area contributed by atoms with Gasteiger partial charge in [0.1, 0.15) is 5.82 Å². The predicted molar refractivity (Wildman–Crippen MR) is 83.9 cm³/mol. The van der Waals surface area contributed by atoms with Crippen molar-refractivity contribution in [2.45, 2.75) is 25.5 Å². The molecule has 0 saturated heterocycles. The second-order valence-electron chi connectivity index (χ2n) is 5.73. The number of para-hydroxylation sites is 1. The first-order valence-electron chi connectivity index (χ1n) is 6.50. The molecule has 108 valence electrons. The van der Waals surface area contributed by atoms with Crippen LogP contribution in [0.5, 0.6) is 0 Å². The standard InChI is InChI=1S/C15H20N2O2S/c1-11-9-12-7-5-6-8-13(12)17-14(11)16-10-15(2,3)20(4,18)19/h5-9H,10H2,1-4H3,(H,16,17). The Balaban J connectivity index is 2.29. The van der Waals surface area contributed by atoms with Crippen molar-refractivity contribution in [2.24, 2.45) is 0 Å². The molecule has 1 aromatic carbocycles. The number of sulfone groups is 1. The van der Waals surface area contributed by atoms with Gasteiger partial charge in [0.25, 0.3) is 0 Å². The molecule has 2 rings (SSSR count). The summed E-state index contributed by atoms with van der Waals surface area (Å²) in [6.07, 6.45) is 1.26. The first-order valence-corrected chi connectivity index (χ1v) is 8.40. The van der Waals surface area contributed by atoms with Crippen molar-refractivity contribution in [1.29, 1.82) is 0 Å². The summed E-state index contributed by atoms with van der Waals surface area (Å²) in [6.45, 7) is 5.73. The maximum Gasteiger partial charge on any atom is 0.154 e. The molecule has 0 amide bonds. The number of pyridine rings is 1. The van der Waals surface area contributed by atoms with Crippen molar-refractivity contribution in [3.8, 4) is 0 Å². The fourth-order valence-electron chi connectivity index (χ4n) is 1.83. The Kier molecular flexibility index (Phi) is 3.73. The van der Waals surface area contributed by atoms with Crippen LogP contribution in [-0.2, 0) is 9.84 Å². The average Bonchev–Trinajstić information content (AvgIpc) is 2.35. The van der Waals surface area contributed by atoms with Gasteiger partial charge < -0.3 is 5.32 Å². The smallest absolute Gasteiger partial charge is 0.154 e. The topological polar surface area (TPSA) is 59.1 Å². The van der Waals surface area contributed by atoms with Gasteiger partial charge in [-0.3, -0.25) is 0 Å². The third kappa shape index (κ3) is 2.93. The number of benzene rings is 1. The van der Waals surface area contributed by atoms with Crippen LogP contribution in [0.1, 0.15) is 19.4 Å². The number of fused-ring (bicyclic) bond motifs is 1. The van der Waals surface area contributed by atoms with Crippen LogP contribution in [0.3, 0.4) is 0 Å². The highest BCUT2D eigenvalue weighted by Crippen LogP contribution is 2.21. The van der Waals surface area contributed by atoms with E-state index >= 15 is 0 Å². The number of hydrogen-bond donors (Lipinski definition) is 1. The van der Waals surface area contributed by atoms with E-state index in [4.69, 9.17) is 0 Å². The molecule has 0 atom stereocenters. The first kappa shape index (κ1) is 14.8. The van der Waals surface area contributed by atoms with Crippen LogP contribution in [0.15, 0.2) is 30.3 Å². The number of nitrogens with zero attached hydrogens (tertiary/aromatic N) is 1. The van der Waals surface area contributed by atoms with Crippen molar-refractivity contribution in [2.75, 3.05) is 18.1 Å². The summed E-state index contributed by atoms with van der Waals surface area (Å²) in [4.78, 5) is 4.55. The Bertz CT molecular complexity index is 737. The second-order valence-corrected chi connectivity index (χ2v) is 8.38. The van der Waals surface area contributed by atoms with E-state index in [1.54, 1.807) is 13.8 Å². The van der Waals surface area contributed by atoms with Gasteiger partial charge in [0, 0.05) is 18.2 Å². The molecule has 5 heteroatoms. The number of anilines is 1. The highest BCUT2D eigenvalue weighted by molar-refractivity contribution is 7.92. The van der Waals surface area contributed by atoms with E-state index in [9.17, 15) is 8.42 Å². The van der Waals surface area contributed by atoms with Crippen LogP contribution in [0.2, 0.25) is 0 Å². The Morgan fingerprint density at radius 1 is 1.25 bits per heavy atom.